The lowest BCUT2D eigenvalue weighted by atomic mass is 10.0. The van der Waals surface area contributed by atoms with E-state index in [1.807, 2.05) is 25.1 Å². The van der Waals surface area contributed by atoms with E-state index in [2.05, 4.69) is 22.1 Å². The number of benzene rings is 1. The van der Waals surface area contributed by atoms with Gasteiger partial charge in [0, 0.05) is 24.5 Å². The van der Waals surface area contributed by atoms with Crippen LogP contribution in [0.4, 0.5) is 5.69 Å². The molecule has 2 aliphatic rings. The first-order valence-corrected chi connectivity index (χ1v) is 11.9. The van der Waals surface area contributed by atoms with Crippen LogP contribution < -0.4 is 15.0 Å². The van der Waals surface area contributed by atoms with Gasteiger partial charge in [0.05, 0.1) is 12.2 Å². The number of fused-ring (bicyclic) bond motifs is 1. The lowest BCUT2D eigenvalue weighted by Gasteiger charge is -2.33. The van der Waals surface area contributed by atoms with E-state index in [0.29, 0.717) is 30.6 Å². The summed E-state index contributed by atoms with van der Waals surface area (Å²) in [5.41, 5.74) is 2.22. The summed E-state index contributed by atoms with van der Waals surface area (Å²) in [5.74, 6) is 0.438. The van der Waals surface area contributed by atoms with Crippen molar-refractivity contribution >= 4 is 28.8 Å². The Hall–Kier alpha value is -2.45. The van der Waals surface area contributed by atoms with Crippen LogP contribution in [0.1, 0.15) is 53.7 Å². The summed E-state index contributed by atoms with van der Waals surface area (Å²) in [4.78, 5) is 33.6. The maximum atomic E-state index is 12.5. The number of aromatic nitrogens is 1. The van der Waals surface area contributed by atoms with E-state index in [0.717, 1.165) is 35.8 Å². The molecule has 31 heavy (non-hydrogen) atoms. The van der Waals surface area contributed by atoms with Crippen molar-refractivity contribution in [1.29, 1.82) is 0 Å². The SMILES string of the molecule is Cc1ccc2c(c1)N(Cc1nc(C(=O)NCCCN3CCCCC3C)cs1)C(=O)CO2. The van der Waals surface area contributed by atoms with Crippen molar-refractivity contribution in [1.82, 2.24) is 15.2 Å². The normalized spacial score (nSPS) is 19.1. The fraction of sp³-hybridized carbons (Fsp3) is 0.522. The third kappa shape index (κ3) is 5.25. The van der Waals surface area contributed by atoms with Crippen molar-refractivity contribution in [3.63, 3.8) is 0 Å². The summed E-state index contributed by atoms with van der Waals surface area (Å²) < 4.78 is 5.53. The van der Waals surface area contributed by atoms with Crippen LogP contribution in [0.3, 0.4) is 0 Å². The Bertz CT molecular complexity index is 945. The van der Waals surface area contributed by atoms with Gasteiger partial charge in [-0.2, -0.15) is 0 Å². The molecule has 1 aromatic heterocycles. The van der Waals surface area contributed by atoms with Crippen molar-refractivity contribution in [2.75, 3.05) is 31.1 Å². The fourth-order valence-corrected chi connectivity index (χ4v) is 4.94. The van der Waals surface area contributed by atoms with Gasteiger partial charge >= 0.3 is 0 Å². The van der Waals surface area contributed by atoms with E-state index in [1.54, 1.807) is 10.3 Å². The number of ether oxygens (including phenoxy) is 1. The molecule has 0 radical (unpaired) electrons. The predicted octanol–water partition coefficient (Wildman–Crippen LogP) is 3.37. The molecule has 1 N–H and O–H groups in total. The Balaban J connectivity index is 1.31. The van der Waals surface area contributed by atoms with E-state index in [9.17, 15) is 9.59 Å². The molecular formula is C23H30N4O3S. The molecule has 0 aliphatic carbocycles. The van der Waals surface area contributed by atoms with Gasteiger partial charge in [-0.25, -0.2) is 4.98 Å². The summed E-state index contributed by atoms with van der Waals surface area (Å²) in [6, 6.07) is 6.43. The Kier molecular flexibility index (Phi) is 6.87. The van der Waals surface area contributed by atoms with Crippen LogP contribution in [0.2, 0.25) is 0 Å². The summed E-state index contributed by atoms with van der Waals surface area (Å²) in [7, 11) is 0. The second-order valence-electron chi connectivity index (χ2n) is 8.36. The zero-order chi connectivity index (χ0) is 21.8. The fourth-order valence-electron chi connectivity index (χ4n) is 4.17. The van der Waals surface area contributed by atoms with Crippen LogP contribution in [0, 0.1) is 6.92 Å². The number of aryl methyl sites for hydroxylation is 1. The number of anilines is 1. The summed E-state index contributed by atoms with van der Waals surface area (Å²) in [6.45, 7) is 7.44. The number of rotatable bonds is 7. The molecule has 0 bridgehead atoms. The van der Waals surface area contributed by atoms with Gasteiger partial charge in [-0.1, -0.05) is 12.5 Å². The molecule has 1 saturated heterocycles. The largest absolute Gasteiger partial charge is 0.482 e. The molecule has 1 fully saturated rings. The van der Waals surface area contributed by atoms with Gasteiger partial charge in [0.2, 0.25) is 0 Å². The first-order valence-electron chi connectivity index (χ1n) is 11.0. The molecule has 2 aliphatic heterocycles. The highest BCUT2D eigenvalue weighted by atomic mass is 32.1. The van der Waals surface area contributed by atoms with Crippen molar-refractivity contribution in [2.45, 2.75) is 52.1 Å². The van der Waals surface area contributed by atoms with Crippen LogP contribution in [0.15, 0.2) is 23.6 Å². The highest BCUT2D eigenvalue weighted by Crippen LogP contribution is 2.34. The molecule has 1 aromatic carbocycles. The Morgan fingerprint density at radius 1 is 1.35 bits per heavy atom. The Morgan fingerprint density at radius 2 is 2.23 bits per heavy atom. The smallest absolute Gasteiger partial charge is 0.270 e. The van der Waals surface area contributed by atoms with E-state index in [1.165, 1.54) is 30.6 Å². The van der Waals surface area contributed by atoms with E-state index >= 15 is 0 Å². The minimum Gasteiger partial charge on any atom is -0.482 e. The summed E-state index contributed by atoms with van der Waals surface area (Å²) in [5, 5.41) is 5.48. The number of nitrogens with one attached hydrogen (secondary N) is 1. The van der Waals surface area contributed by atoms with Crippen LogP contribution in [0.5, 0.6) is 5.75 Å². The molecule has 4 rings (SSSR count). The molecule has 166 valence electrons. The molecular weight excluding hydrogens is 412 g/mol. The van der Waals surface area contributed by atoms with Crippen molar-refractivity contribution in [2.24, 2.45) is 0 Å². The molecule has 1 atom stereocenters. The average molecular weight is 443 g/mol. The average Bonchev–Trinajstić information content (AvgIpc) is 3.23. The van der Waals surface area contributed by atoms with Gasteiger partial charge in [-0.15, -0.1) is 11.3 Å². The molecule has 1 unspecified atom stereocenters. The monoisotopic (exact) mass is 442 g/mol. The first-order chi connectivity index (χ1) is 15.0. The van der Waals surface area contributed by atoms with E-state index in [-0.39, 0.29) is 18.4 Å². The number of carbonyl (C=O) groups excluding carboxylic acids is 2. The number of amides is 2. The number of piperidine rings is 1. The second kappa shape index (κ2) is 9.78. The highest BCUT2D eigenvalue weighted by Gasteiger charge is 2.27. The van der Waals surface area contributed by atoms with Gasteiger partial charge in [-0.3, -0.25) is 14.5 Å². The number of nitrogens with zero attached hydrogens (tertiary/aromatic N) is 3. The lowest BCUT2D eigenvalue weighted by Crippen LogP contribution is -2.39. The molecule has 7 nitrogen and oxygen atoms in total. The molecule has 0 saturated carbocycles. The molecule has 3 heterocycles. The number of hydrogen-bond acceptors (Lipinski definition) is 6. The van der Waals surface area contributed by atoms with E-state index in [4.69, 9.17) is 4.74 Å². The van der Waals surface area contributed by atoms with Gasteiger partial charge in [0.15, 0.2) is 6.61 Å². The standard InChI is InChI=1S/C23H30N4O3S/c1-16-7-8-20-19(12-16)27(22(28)14-30-20)13-21-25-18(15-31-21)23(29)24-9-5-11-26-10-4-3-6-17(26)2/h7-8,12,15,17H,3-6,9-11,13-14H2,1-2H3,(H,24,29). The minimum atomic E-state index is -0.154. The van der Waals surface area contributed by atoms with Crippen LogP contribution >= 0.6 is 11.3 Å². The zero-order valence-electron chi connectivity index (χ0n) is 18.2. The van der Waals surface area contributed by atoms with Gasteiger partial charge < -0.3 is 15.0 Å². The second-order valence-corrected chi connectivity index (χ2v) is 9.30. The van der Waals surface area contributed by atoms with Crippen LogP contribution in [0.25, 0.3) is 0 Å². The van der Waals surface area contributed by atoms with E-state index < -0.39 is 0 Å². The number of carbonyl (C=O) groups is 2. The predicted molar refractivity (Wildman–Crippen MR) is 122 cm³/mol. The molecule has 2 aromatic rings. The van der Waals surface area contributed by atoms with Crippen LogP contribution in [-0.4, -0.2) is 54.0 Å². The quantitative estimate of drug-likeness (QED) is 0.666. The highest BCUT2D eigenvalue weighted by molar-refractivity contribution is 7.09. The van der Waals surface area contributed by atoms with Crippen molar-refractivity contribution < 1.29 is 14.3 Å². The number of likely N-dealkylation sites (tertiary alicyclic amines) is 1. The maximum Gasteiger partial charge on any atom is 0.270 e. The lowest BCUT2D eigenvalue weighted by molar-refractivity contribution is -0.121. The Labute approximate surface area is 187 Å². The topological polar surface area (TPSA) is 74.8 Å². The maximum absolute atomic E-state index is 12.5. The number of thiazole rings is 1. The third-order valence-corrected chi connectivity index (χ3v) is 6.82. The van der Waals surface area contributed by atoms with Gasteiger partial charge in [-0.05, 0) is 57.4 Å². The van der Waals surface area contributed by atoms with Crippen molar-refractivity contribution in [3.05, 3.63) is 39.8 Å². The zero-order valence-corrected chi connectivity index (χ0v) is 19.0. The van der Waals surface area contributed by atoms with Crippen LogP contribution in [-0.2, 0) is 11.3 Å². The third-order valence-electron chi connectivity index (χ3n) is 5.98. The first kappa shape index (κ1) is 21.8. The minimum absolute atomic E-state index is 0.0183. The van der Waals surface area contributed by atoms with Gasteiger partial charge in [0.25, 0.3) is 11.8 Å². The van der Waals surface area contributed by atoms with Gasteiger partial charge in [0.1, 0.15) is 16.5 Å². The molecule has 2 amide bonds. The molecule has 0 spiro atoms. The molecule has 8 heteroatoms. The summed E-state index contributed by atoms with van der Waals surface area (Å²) in [6.07, 6.45) is 4.80. The number of hydrogen-bond donors (Lipinski definition) is 1. The summed E-state index contributed by atoms with van der Waals surface area (Å²) >= 11 is 1.40. The Morgan fingerprint density at radius 3 is 3.06 bits per heavy atom. The van der Waals surface area contributed by atoms with Crippen molar-refractivity contribution in [3.8, 4) is 5.75 Å².